The molecule has 1 aliphatic heterocycles. The number of aromatic nitrogens is 1. The van der Waals surface area contributed by atoms with Gasteiger partial charge in [-0.15, -0.1) is 11.3 Å². The number of amides is 1. The van der Waals surface area contributed by atoms with E-state index in [0.717, 1.165) is 35.7 Å². The lowest BCUT2D eigenvalue weighted by atomic mass is 10.2. The first-order chi connectivity index (χ1) is 11.7. The molecule has 0 saturated carbocycles. The first-order valence-electron chi connectivity index (χ1n) is 8.09. The summed E-state index contributed by atoms with van der Waals surface area (Å²) < 4.78 is 5.68. The Morgan fingerprint density at radius 1 is 1.42 bits per heavy atom. The molecule has 1 aliphatic rings. The van der Waals surface area contributed by atoms with Crippen LogP contribution in [0.4, 0.5) is 0 Å². The minimum absolute atomic E-state index is 0.105. The van der Waals surface area contributed by atoms with Crippen molar-refractivity contribution in [2.75, 3.05) is 13.2 Å². The molecule has 0 spiro atoms. The molecule has 1 saturated heterocycles. The van der Waals surface area contributed by atoms with Crippen LogP contribution in [0.2, 0.25) is 0 Å². The number of benzene rings is 1. The van der Waals surface area contributed by atoms with Crippen LogP contribution < -0.4 is 0 Å². The molecule has 1 fully saturated rings. The van der Waals surface area contributed by atoms with Crippen molar-refractivity contribution in [3.63, 3.8) is 0 Å². The molecule has 1 aromatic carbocycles. The predicted molar refractivity (Wildman–Crippen MR) is 94.6 cm³/mol. The number of rotatable bonds is 4. The molecule has 0 aliphatic carbocycles. The molecule has 4 nitrogen and oxygen atoms in total. The third kappa shape index (κ3) is 4.67. The van der Waals surface area contributed by atoms with Crippen LogP contribution >= 0.6 is 11.3 Å². The van der Waals surface area contributed by atoms with Crippen LogP contribution in [0.15, 0.2) is 35.7 Å². The Hall–Kier alpha value is -2.16. The number of ether oxygens (including phenoxy) is 1. The van der Waals surface area contributed by atoms with Crippen LogP contribution in [0, 0.1) is 18.8 Å². The highest BCUT2D eigenvalue weighted by Gasteiger charge is 2.22. The lowest BCUT2D eigenvalue weighted by molar-refractivity contribution is -0.127. The molecular formula is C19H20N2O2S. The zero-order chi connectivity index (χ0) is 16.8. The van der Waals surface area contributed by atoms with Crippen molar-refractivity contribution < 1.29 is 9.53 Å². The number of nitrogens with zero attached hydrogens (tertiary/aromatic N) is 2. The summed E-state index contributed by atoms with van der Waals surface area (Å²) in [5.74, 6) is 5.52. The van der Waals surface area contributed by atoms with Gasteiger partial charge in [-0.25, -0.2) is 4.98 Å². The number of carbonyl (C=O) groups is 1. The summed E-state index contributed by atoms with van der Waals surface area (Å²) in [5.41, 5.74) is 1.82. The molecule has 1 aromatic heterocycles. The molecule has 0 radical (unpaired) electrons. The Labute approximate surface area is 146 Å². The van der Waals surface area contributed by atoms with Gasteiger partial charge in [-0.05, 0) is 31.9 Å². The Bertz CT molecular complexity index is 739. The van der Waals surface area contributed by atoms with Crippen molar-refractivity contribution in [3.8, 4) is 11.8 Å². The molecule has 5 heteroatoms. The Kier molecular flexibility index (Phi) is 5.63. The fourth-order valence-electron chi connectivity index (χ4n) is 2.62. The highest BCUT2D eigenvalue weighted by Crippen LogP contribution is 2.17. The molecule has 1 unspecified atom stereocenters. The number of hydrogen-bond acceptors (Lipinski definition) is 4. The average molecular weight is 340 g/mol. The van der Waals surface area contributed by atoms with Gasteiger partial charge in [0.05, 0.1) is 12.6 Å². The number of aryl methyl sites for hydroxylation is 1. The number of carbonyl (C=O) groups excluding carboxylic acids is 1. The fraction of sp³-hybridized carbons (Fsp3) is 0.368. The average Bonchev–Trinajstić information content (AvgIpc) is 3.25. The van der Waals surface area contributed by atoms with Crippen molar-refractivity contribution in [2.45, 2.75) is 32.4 Å². The van der Waals surface area contributed by atoms with Gasteiger partial charge in [0.15, 0.2) is 0 Å². The van der Waals surface area contributed by atoms with Gasteiger partial charge < -0.3 is 9.64 Å². The van der Waals surface area contributed by atoms with Gasteiger partial charge >= 0.3 is 0 Å². The zero-order valence-electron chi connectivity index (χ0n) is 13.7. The Balaban J connectivity index is 1.72. The molecule has 0 N–H and O–H groups in total. The molecule has 2 heterocycles. The third-order valence-electron chi connectivity index (χ3n) is 3.82. The van der Waals surface area contributed by atoms with Crippen molar-refractivity contribution in [2.24, 2.45) is 0 Å². The highest BCUT2D eigenvalue weighted by molar-refractivity contribution is 7.09. The molecule has 24 heavy (non-hydrogen) atoms. The quantitative estimate of drug-likeness (QED) is 0.804. The van der Waals surface area contributed by atoms with Gasteiger partial charge in [0, 0.05) is 35.7 Å². The molecule has 1 atom stereocenters. The Morgan fingerprint density at radius 3 is 2.92 bits per heavy atom. The van der Waals surface area contributed by atoms with E-state index in [0.29, 0.717) is 13.1 Å². The smallest absolute Gasteiger partial charge is 0.299 e. The first-order valence-corrected chi connectivity index (χ1v) is 8.97. The lowest BCUT2D eigenvalue weighted by Crippen LogP contribution is -2.36. The molecule has 0 bridgehead atoms. The van der Waals surface area contributed by atoms with Gasteiger partial charge in [0.25, 0.3) is 5.91 Å². The standard InChI is InChI=1S/C19H20N2O2S/c1-15-14-24-18(20-15)13-21(12-17-8-5-11-23-17)19(22)10-9-16-6-3-2-4-7-16/h2-4,6-7,14,17H,5,8,11-13H2,1H3. The number of thiazole rings is 1. The molecule has 3 rings (SSSR count). The maximum Gasteiger partial charge on any atom is 0.299 e. The predicted octanol–water partition coefficient (Wildman–Crippen LogP) is 3.01. The van der Waals surface area contributed by atoms with Crippen LogP contribution in [-0.4, -0.2) is 35.0 Å². The van der Waals surface area contributed by atoms with Crippen LogP contribution in [-0.2, 0) is 16.1 Å². The van der Waals surface area contributed by atoms with Crippen molar-refractivity contribution in [1.29, 1.82) is 0 Å². The van der Waals surface area contributed by atoms with E-state index in [-0.39, 0.29) is 12.0 Å². The maximum absolute atomic E-state index is 12.6. The maximum atomic E-state index is 12.6. The van der Waals surface area contributed by atoms with E-state index in [4.69, 9.17) is 4.74 Å². The lowest BCUT2D eigenvalue weighted by Gasteiger charge is -2.22. The van der Waals surface area contributed by atoms with E-state index >= 15 is 0 Å². The summed E-state index contributed by atoms with van der Waals surface area (Å²) >= 11 is 1.57. The van der Waals surface area contributed by atoms with Crippen LogP contribution in [0.1, 0.15) is 29.1 Å². The summed E-state index contributed by atoms with van der Waals surface area (Å²) in [7, 11) is 0. The SMILES string of the molecule is Cc1csc(CN(CC2CCCO2)C(=O)C#Cc2ccccc2)n1. The van der Waals surface area contributed by atoms with E-state index in [1.165, 1.54) is 0 Å². The summed E-state index contributed by atoms with van der Waals surface area (Å²) in [5, 5.41) is 2.93. The zero-order valence-corrected chi connectivity index (χ0v) is 14.5. The van der Waals surface area contributed by atoms with E-state index in [1.54, 1.807) is 16.2 Å². The third-order valence-corrected chi connectivity index (χ3v) is 4.77. The van der Waals surface area contributed by atoms with Crippen LogP contribution in [0.5, 0.6) is 0 Å². The van der Waals surface area contributed by atoms with E-state index in [1.807, 2.05) is 42.6 Å². The Morgan fingerprint density at radius 2 is 2.25 bits per heavy atom. The van der Waals surface area contributed by atoms with Crippen molar-refractivity contribution in [3.05, 3.63) is 52.0 Å². The largest absolute Gasteiger partial charge is 0.376 e. The van der Waals surface area contributed by atoms with Gasteiger partial charge in [-0.2, -0.15) is 0 Å². The van der Waals surface area contributed by atoms with E-state index in [9.17, 15) is 4.79 Å². The molecular weight excluding hydrogens is 320 g/mol. The fourth-order valence-corrected chi connectivity index (χ4v) is 3.40. The van der Waals surface area contributed by atoms with Gasteiger partial charge in [0.1, 0.15) is 5.01 Å². The normalized spacial score (nSPS) is 16.5. The first kappa shape index (κ1) is 16.7. The monoisotopic (exact) mass is 340 g/mol. The molecule has 2 aromatic rings. The second-order valence-electron chi connectivity index (χ2n) is 5.82. The van der Waals surface area contributed by atoms with Crippen LogP contribution in [0.25, 0.3) is 0 Å². The molecule has 1 amide bonds. The van der Waals surface area contributed by atoms with Gasteiger partial charge in [-0.1, -0.05) is 24.1 Å². The minimum atomic E-state index is -0.179. The second kappa shape index (κ2) is 8.09. The van der Waals surface area contributed by atoms with Gasteiger partial charge in [-0.3, -0.25) is 4.79 Å². The van der Waals surface area contributed by atoms with Gasteiger partial charge in [0.2, 0.25) is 0 Å². The topological polar surface area (TPSA) is 42.4 Å². The van der Waals surface area contributed by atoms with E-state index < -0.39 is 0 Å². The highest BCUT2D eigenvalue weighted by atomic mass is 32.1. The summed E-state index contributed by atoms with van der Waals surface area (Å²) in [6, 6.07) is 9.55. The van der Waals surface area contributed by atoms with Crippen molar-refractivity contribution >= 4 is 17.2 Å². The second-order valence-corrected chi connectivity index (χ2v) is 6.76. The summed E-state index contributed by atoms with van der Waals surface area (Å²) in [6.45, 7) is 3.79. The summed E-state index contributed by atoms with van der Waals surface area (Å²) in [6.07, 6.45) is 2.15. The minimum Gasteiger partial charge on any atom is -0.376 e. The van der Waals surface area contributed by atoms with Crippen molar-refractivity contribution in [1.82, 2.24) is 9.88 Å². The van der Waals surface area contributed by atoms with Crippen LogP contribution in [0.3, 0.4) is 0 Å². The number of hydrogen-bond donors (Lipinski definition) is 0. The molecule has 124 valence electrons. The summed E-state index contributed by atoms with van der Waals surface area (Å²) in [4.78, 5) is 18.8. The van der Waals surface area contributed by atoms with E-state index in [2.05, 4.69) is 16.8 Å².